The Labute approximate surface area is 108 Å². The van der Waals surface area contributed by atoms with Gasteiger partial charge in [0.25, 0.3) is 5.69 Å². The monoisotopic (exact) mass is 258 g/mol. The van der Waals surface area contributed by atoms with Crippen LogP contribution >= 0.6 is 0 Å². The Bertz CT molecular complexity index is 640. The van der Waals surface area contributed by atoms with Crippen LogP contribution in [0.1, 0.15) is 10.4 Å². The van der Waals surface area contributed by atoms with Crippen LogP contribution < -0.4 is 0 Å². The third-order valence-corrected chi connectivity index (χ3v) is 2.57. The molecule has 6 nitrogen and oxygen atoms in total. The van der Waals surface area contributed by atoms with Gasteiger partial charge < -0.3 is 4.74 Å². The number of carbonyl (C=O) groups excluding carboxylic acids is 1. The third-order valence-electron chi connectivity index (χ3n) is 2.57. The number of nitrogens with zero attached hydrogens (tertiary/aromatic N) is 2. The molecule has 19 heavy (non-hydrogen) atoms. The van der Waals surface area contributed by atoms with Crippen LogP contribution in [0.25, 0.3) is 11.1 Å². The molecule has 0 saturated heterocycles. The summed E-state index contributed by atoms with van der Waals surface area (Å²) < 4.78 is 4.59. The lowest BCUT2D eigenvalue weighted by molar-refractivity contribution is -0.384. The fourth-order valence-electron chi connectivity index (χ4n) is 1.69. The zero-order chi connectivity index (χ0) is 13.8. The topological polar surface area (TPSA) is 82.3 Å². The van der Waals surface area contributed by atoms with Crippen molar-refractivity contribution in [2.24, 2.45) is 0 Å². The molecule has 0 unspecified atom stereocenters. The smallest absolute Gasteiger partial charge is 0.339 e. The normalized spacial score (nSPS) is 9.95. The van der Waals surface area contributed by atoms with Gasteiger partial charge in [0.1, 0.15) is 0 Å². The van der Waals surface area contributed by atoms with Crippen LogP contribution in [0, 0.1) is 10.1 Å². The maximum absolute atomic E-state index is 11.4. The molecule has 1 heterocycles. The van der Waals surface area contributed by atoms with E-state index >= 15 is 0 Å². The van der Waals surface area contributed by atoms with E-state index in [1.807, 2.05) is 0 Å². The van der Waals surface area contributed by atoms with Crippen LogP contribution in [0.2, 0.25) is 0 Å². The highest BCUT2D eigenvalue weighted by molar-refractivity contribution is 5.91. The van der Waals surface area contributed by atoms with Gasteiger partial charge in [-0.1, -0.05) is 12.1 Å². The number of aromatic nitrogens is 1. The Morgan fingerprint density at radius 3 is 2.74 bits per heavy atom. The summed E-state index contributed by atoms with van der Waals surface area (Å²) in [6, 6.07) is 7.80. The van der Waals surface area contributed by atoms with Crippen molar-refractivity contribution in [1.82, 2.24) is 4.98 Å². The van der Waals surface area contributed by atoms with Crippen LogP contribution in [-0.2, 0) is 4.74 Å². The number of carbonyl (C=O) groups is 1. The number of ether oxygens (including phenoxy) is 1. The highest BCUT2D eigenvalue weighted by atomic mass is 16.6. The van der Waals surface area contributed by atoms with E-state index in [9.17, 15) is 14.9 Å². The quantitative estimate of drug-likeness (QED) is 0.479. The second-order valence-electron chi connectivity index (χ2n) is 3.73. The van der Waals surface area contributed by atoms with Crippen molar-refractivity contribution in [3.05, 3.63) is 58.4 Å². The highest BCUT2D eigenvalue weighted by Crippen LogP contribution is 2.29. The van der Waals surface area contributed by atoms with Gasteiger partial charge in [0.15, 0.2) is 0 Å². The number of pyridine rings is 1. The summed E-state index contributed by atoms with van der Waals surface area (Å²) in [5.74, 6) is -0.534. The first kappa shape index (κ1) is 12.7. The Morgan fingerprint density at radius 2 is 2.05 bits per heavy atom. The molecule has 0 spiro atoms. The number of methoxy groups -OCH3 is 1. The number of esters is 1. The van der Waals surface area contributed by atoms with E-state index < -0.39 is 10.9 Å². The Kier molecular flexibility index (Phi) is 3.51. The fourth-order valence-corrected chi connectivity index (χ4v) is 1.69. The summed E-state index contributed by atoms with van der Waals surface area (Å²) in [6.07, 6.45) is 2.82. The van der Waals surface area contributed by atoms with Gasteiger partial charge in [-0.05, 0) is 12.1 Å². The SMILES string of the molecule is COC(=O)c1cncc(-c2ccccc2[N+](=O)[O-])c1. The lowest BCUT2D eigenvalue weighted by Gasteiger charge is -2.04. The van der Waals surface area contributed by atoms with Gasteiger partial charge in [0, 0.05) is 24.0 Å². The highest BCUT2D eigenvalue weighted by Gasteiger charge is 2.16. The Balaban J connectivity index is 2.54. The van der Waals surface area contributed by atoms with Crippen LogP contribution in [0.4, 0.5) is 5.69 Å². The molecule has 2 aromatic rings. The zero-order valence-corrected chi connectivity index (χ0v) is 10.1. The van der Waals surface area contributed by atoms with Crippen molar-refractivity contribution in [2.75, 3.05) is 7.11 Å². The summed E-state index contributed by atoms with van der Waals surface area (Å²) in [5, 5.41) is 11.0. The van der Waals surface area contributed by atoms with Crippen molar-refractivity contribution in [1.29, 1.82) is 0 Å². The summed E-state index contributed by atoms with van der Waals surface area (Å²) in [7, 11) is 1.26. The van der Waals surface area contributed by atoms with Crippen LogP contribution in [-0.4, -0.2) is 23.0 Å². The van der Waals surface area contributed by atoms with Crippen LogP contribution in [0.15, 0.2) is 42.7 Å². The molecule has 2 rings (SSSR count). The molecule has 1 aromatic heterocycles. The van der Waals surface area contributed by atoms with E-state index in [1.165, 1.54) is 31.6 Å². The molecule has 0 radical (unpaired) electrons. The maximum atomic E-state index is 11.4. The van der Waals surface area contributed by atoms with Crippen molar-refractivity contribution in [2.45, 2.75) is 0 Å². The predicted octanol–water partition coefficient (Wildman–Crippen LogP) is 2.44. The Morgan fingerprint density at radius 1 is 1.32 bits per heavy atom. The summed E-state index contributed by atoms with van der Waals surface area (Å²) in [4.78, 5) is 25.8. The average Bonchev–Trinajstić information content (AvgIpc) is 2.46. The standard InChI is InChI=1S/C13H10N2O4/c1-19-13(16)10-6-9(7-14-8-10)11-4-2-3-5-12(11)15(17)18/h2-8H,1H3. The first-order chi connectivity index (χ1) is 9.13. The molecule has 6 heteroatoms. The molecule has 0 bridgehead atoms. The lowest BCUT2D eigenvalue weighted by Crippen LogP contribution is -2.02. The molecule has 0 aliphatic carbocycles. The number of nitro groups is 1. The number of rotatable bonds is 3. The predicted molar refractivity (Wildman–Crippen MR) is 67.7 cm³/mol. The van der Waals surface area contributed by atoms with Gasteiger partial charge in [-0.3, -0.25) is 15.1 Å². The van der Waals surface area contributed by atoms with E-state index in [0.29, 0.717) is 11.1 Å². The van der Waals surface area contributed by atoms with Crippen molar-refractivity contribution < 1.29 is 14.5 Å². The second-order valence-corrected chi connectivity index (χ2v) is 3.73. The van der Waals surface area contributed by atoms with Crippen molar-refractivity contribution in [3.63, 3.8) is 0 Å². The molecular weight excluding hydrogens is 248 g/mol. The van der Waals surface area contributed by atoms with Crippen molar-refractivity contribution >= 4 is 11.7 Å². The minimum atomic E-state index is -0.534. The minimum Gasteiger partial charge on any atom is -0.465 e. The average molecular weight is 258 g/mol. The van der Waals surface area contributed by atoms with E-state index in [-0.39, 0.29) is 11.3 Å². The lowest BCUT2D eigenvalue weighted by atomic mass is 10.0. The van der Waals surface area contributed by atoms with Gasteiger partial charge in [-0.15, -0.1) is 0 Å². The molecule has 0 N–H and O–H groups in total. The summed E-state index contributed by atoms with van der Waals surface area (Å²) >= 11 is 0. The zero-order valence-electron chi connectivity index (χ0n) is 10.1. The molecule has 1 aromatic carbocycles. The van der Waals surface area contributed by atoms with E-state index in [4.69, 9.17) is 0 Å². The van der Waals surface area contributed by atoms with Gasteiger partial charge in [-0.25, -0.2) is 4.79 Å². The van der Waals surface area contributed by atoms with Crippen molar-refractivity contribution in [3.8, 4) is 11.1 Å². The summed E-state index contributed by atoms with van der Waals surface area (Å²) in [6.45, 7) is 0. The fraction of sp³-hybridized carbons (Fsp3) is 0.0769. The van der Waals surface area contributed by atoms with Crippen LogP contribution in [0.3, 0.4) is 0 Å². The second kappa shape index (κ2) is 5.26. The molecule has 0 amide bonds. The number of nitro benzene ring substituents is 1. The van der Waals surface area contributed by atoms with E-state index in [0.717, 1.165) is 0 Å². The number of hydrogen-bond donors (Lipinski definition) is 0. The number of hydrogen-bond acceptors (Lipinski definition) is 5. The number of benzene rings is 1. The molecule has 96 valence electrons. The molecule has 0 fully saturated rings. The van der Waals surface area contributed by atoms with Gasteiger partial charge >= 0.3 is 5.97 Å². The largest absolute Gasteiger partial charge is 0.465 e. The first-order valence-electron chi connectivity index (χ1n) is 5.40. The summed E-state index contributed by atoms with van der Waals surface area (Å²) in [5.41, 5.74) is 1.12. The third kappa shape index (κ3) is 2.57. The van der Waals surface area contributed by atoms with Gasteiger partial charge in [0.05, 0.1) is 23.2 Å². The van der Waals surface area contributed by atoms with Gasteiger partial charge in [0.2, 0.25) is 0 Å². The van der Waals surface area contributed by atoms with E-state index in [1.54, 1.807) is 18.2 Å². The number of para-hydroxylation sites is 1. The van der Waals surface area contributed by atoms with Gasteiger partial charge in [-0.2, -0.15) is 0 Å². The molecule has 0 saturated carbocycles. The molecular formula is C13H10N2O4. The first-order valence-corrected chi connectivity index (χ1v) is 5.40. The van der Waals surface area contributed by atoms with E-state index in [2.05, 4.69) is 9.72 Å². The Hall–Kier alpha value is -2.76. The maximum Gasteiger partial charge on any atom is 0.339 e. The molecule has 0 atom stereocenters. The minimum absolute atomic E-state index is 0.0358. The molecule has 0 aliphatic rings. The van der Waals surface area contributed by atoms with Crippen LogP contribution in [0.5, 0.6) is 0 Å². The molecule has 0 aliphatic heterocycles.